The second-order valence-electron chi connectivity index (χ2n) is 10.5. The first-order chi connectivity index (χ1) is 11.5. The van der Waals surface area contributed by atoms with Gasteiger partial charge in [0.1, 0.15) is 0 Å². The second kappa shape index (κ2) is 6.36. The van der Waals surface area contributed by atoms with E-state index in [0.717, 1.165) is 0 Å². The quantitative estimate of drug-likeness (QED) is 0.794. The molecule has 6 nitrogen and oxygen atoms in total. The minimum absolute atomic E-state index is 0.0323. The summed E-state index contributed by atoms with van der Waals surface area (Å²) in [5.74, 6) is -0.279. The van der Waals surface area contributed by atoms with E-state index in [0.29, 0.717) is 25.7 Å². The number of hydrogen-bond donors (Lipinski definition) is 2. The SMILES string of the molecule is CC1(C)CC(CCC2CC(C)(C)N(O)C(C)(C)C2=O)C(=O)C(C)(C)N1O. The molecule has 0 aromatic heterocycles. The average molecular weight is 369 g/mol. The van der Waals surface area contributed by atoms with Gasteiger partial charge in [0.05, 0.1) is 11.1 Å². The van der Waals surface area contributed by atoms with E-state index in [9.17, 15) is 20.0 Å². The van der Waals surface area contributed by atoms with Gasteiger partial charge in [-0.2, -0.15) is 10.1 Å². The Morgan fingerprint density at radius 2 is 1.00 bits per heavy atom. The largest absolute Gasteiger partial charge is 0.313 e. The fourth-order valence-electron chi connectivity index (χ4n) is 5.15. The van der Waals surface area contributed by atoms with Crippen molar-refractivity contribution in [1.29, 1.82) is 0 Å². The molecule has 2 heterocycles. The third-order valence-corrected chi connectivity index (χ3v) is 6.51. The summed E-state index contributed by atoms with van der Waals surface area (Å²) in [6.07, 6.45) is 2.41. The van der Waals surface area contributed by atoms with Crippen LogP contribution in [0.2, 0.25) is 0 Å². The van der Waals surface area contributed by atoms with Crippen LogP contribution in [0.5, 0.6) is 0 Å². The molecule has 2 atom stereocenters. The molecule has 2 unspecified atom stereocenters. The predicted octanol–water partition coefficient (Wildman–Crippen LogP) is 3.44. The summed E-state index contributed by atoms with van der Waals surface area (Å²) in [6, 6.07) is 0. The molecule has 2 aliphatic rings. The molecular formula is C20H36N2O4. The fourth-order valence-corrected chi connectivity index (χ4v) is 5.15. The van der Waals surface area contributed by atoms with Gasteiger partial charge in [0.2, 0.25) is 0 Å². The maximum Gasteiger partial charge on any atom is 0.157 e. The van der Waals surface area contributed by atoms with Crippen molar-refractivity contribution in [3.8, 4) is 0 Å². The maximum absolute atomic E-state index is 12.9. The molecule has 26 heavy (non-hydrogen) atoms. The van der Waals surface area contributed by atoms with Gasteiger partial charge in [-0.1, -0.05) is 0 Å². The first-order valence-corrected chi connectivity index (χ1v) is 9.62. The van der Waals surface area contributed by atoms with Crippen molar-refractivity contribution in [2.45, 2.75) is 103 Å². The van der Waals surface area contributed by atoms with E-state index >= 15 is 0 Å². The number of nitrogens with zero attached hydrogens (tertiary/aromatic N) is 2. The first kappa shape index (κ1) is 21.5. The molecule has 2 N–H and O–H groups in total. The molecule has 2 saturated heterocycles. The standard InChI is InChI=1S/C20H36N2O4/c1-17(2)11-13(15(23)19(5,6)21(17)25)9-10-14-12-18(3,4)22(26)20(7,8)16(14)24/h13-14,25-26H,9-12H2,1-8H3. The van der Waals surface area contributed by atoms with E-state index in [1.165, 1.54) is 10.1 Å². The Morgan fingerprint density at radius 3 is 1.27 bits per heavy atom. The number of hydroxylamine groups is 4. The molecule has 0 aliphatic carbocycles. The topological polar surface area (TPSA) is 81.1 Å². The van der Waals surface area contributed by atoms with E-state index < -0.39 is 22.2 Å². The van der Waals surface area contributed by atoms with Crippen LogP contribution in [0.4, 0.5) is 0 Å². The van der Waals surface area contributed by atoms with Crippen molar-refractivity contribution in [3.63, 3.8) is 0 Å². The van der Waals surface area contributed by atoms with Crippen molar-refractivity contribution in [2.75, 3.05) is 0 Å². The van der Waals surface area contributed by atoms with E-state index in [1.807, 2.05) is 27.7 Å². The molecule has 0 aromatic carbocycles. The molecular weight excluding hydrogens is 332 g/mol. The smallest absolute Gasteiger partial charge is 0.157 e. The molecule has 0 saturated carbocycles. The van der Waals surface area contributed by atoms with Gasteiger partial charge in [0.25, 0.3) is 0 Å². The van der Waals surface area contributed by atoms with Gasteiger partial charge < -0.3 is 10.4 Å². The van der Waals surface area contributed by atoms with Gasteiger partial charge in [-0.25, -0.2) is 0 Å². The van der Waals surface area contributed by atoms with Crippen molar-refractivity contribution in [3.05, 3.63) is 0 Å². The lowest BCUT2D eigenvalue weighted by Gasteiger charge is -2.51. The summed E-state index contributed by atoms with van der Waals surface area (Å²) in [5.41, 5.74) is -2.83. The number of carbonyl (C=O) groups is 2. The van der Waals surface area contributed by atoms with Crippen LogP contribution in [0.3, 0.4) is 0 Å². The lowest BCUT2D eigenvalue weighted by Crippen LogP contribution is -2.65. The number of hydrogen-bond acceptors (Lipinski definition) is 6. The second-order valence-corrected chi connectivity index (χ2v) is 10.5. The molecule has 0 aromatic rings. The van der Waals surface area contributed by atoms with E-state index in [-0.39, 0.29) is 23.4 Å². The fraction of sp³-hybridized carbons (Fsp3) is 0.900. The van der Waals surface area contributed by atoms with Gasteiger partial charge in [0.15, 0.2) is 11.6 Å². The monoisotopic (exact) mass is 368 g/mol. The van der Waals surface area contributed by atoms with Crippen LogP contribution in [0.15, 0.2) is 0 Å². The van der Waals surface area contributed by atoms with Crippen molar-refractivity contribution in [2.24, 2.45) is 11.8 Å². The molecule has 2 fully saturated rings. The van der Waals surface area contributed by atoms with Crippen LogP contribution >= 0.6 is 0 Å². The Labute approximate surface area is 157 Å². The zero-order chi connectivity index (χ0) is 20.3. The highest BCUT2D eigenvalue weighted by molar-refractivity contribution is 5.91. The van der Waals surface area contributed by atoms with Gasteiger partial charge >= 0.3 is 0 Å². The summed E-state index contributed by atoms with van der Waals surface area (Å²) in [6.45, 7) is 14.8. The number of Topliss-reactive ketones (excluding diaryl/α,β-unsaturated/α-hetero) is 2. The zero-order valence-corrected chi connectivity index (χ0v) is 17.6. The highest BCUT2D eigenvalue weighted by Gasteiger charge is 2.53. The third-order valence-electron chi connectivity index (χ3n) is 6.51. The van der Waals surface area contributed by atoms with E-state index in [4.69, 9.17) is 0 Å². The highest BCUT2D eigenvalue weighted by atomic mass is 16.5. The van der Waals surface area contributed by atoms with Crippen LogP contribution in [0.1, 0.15) is 81.1 Å². The Hall–Kier alpha value is -0.820. The first-order valence-electron chi connectivity index (χ1n) is 9.62. The van der Waals surface area contributed by atoms with Crippen molar-refractivity contribution < 1.29 is 20.0 Å². The van der Waals surface area contributed by atoms with Crippen LogP contribution in [-0.2, 0) is 9.59 Å². The number of carbonyl (C=O) groups excluding carboxylic acids is 2. The average Bonchev–Trinajstić information content (AvgIpc) is 2.51. The van der Waals surface area contributed by atoms with Crippen LogP contribution in [0, 0.1) is 11.8 Å². The summed E-state index contributed by atoms with van der Waals surface area (Å²) in [7, 11) is 0. The Kier molecular flexibility index (Phi) is 5.26. The lowest BCUT2D eigenvalue weighted by atomic mass is 9.69. The molecule has 2 rings (SSSR count). The minimum atomic E-state index is -0.927. The van der Waals surface area contributed by atoms with Crippen molar-refractivity contribution >= 4 is 11.6 Å². The highest BCUT2D eigenvalue weighted by Crippen LogP contribution is 2.43. The van der Waals surface area contributed by atoms with Gasteiger partial charge in [-0.3, -0.25) is 9.59 Å². The molecule has 0 radical (unpaired) electrons. The Morgan fingerprint density at radius 1 is 0.731 bits per heavy atom. The molecule has 6 heteroatoms. The third kappa shape index (κ3) is 3.37. The van der Waals surface area contributed by atoms with E-state index in [2.05, 4.69) is 0 Å². The van der Waals surface area contributed by atoms with Gasteiger partial charge in [-0.15, -0.1) is 0 Å². The van der Waals surface area contributed by atoms with Crippen LogP contribution in [-0.4, -0.2) is 54.3 Å². The van der Waals surface area contributed by atoms with E-state index in [1.54, 1.807) is 27.7 Å². The zero-order valence-electron chi connectivity index (χ0n) is 17.6. The van der Waals surface area contributed by atoms with Gasteiger partial charge in [0, 0.05) is 22.9 Å². The Balaban J connectivity index is 2.15. The summed E-state index contributed by atoms with van der Waals surface area (Å²) in [5, 5.41) is 23.2. The van der Waals surface area contributed by atoms with Gasteiger partial charge in [-0.05, 0) is 81.1 Å². The Bertz CT molecular complexity index is 543. The maximum atomic E-state index is 12.9. The lowest BCUT2D eigenvalue weighted by molar-refractivity contribution is -0.243. The molecule has 0 spiro atoms. The minimum Gasteiger partial charge on any atom is -0.313 e. The summed E-state index contributed by atoms with van der Waals surface area (Å²) in [4.78, 5) is 25.7. The number of ketones is 2. The normalized spacial score (nSPS) is 34.1. The molecule has 2 aliphatic heterocycles. The predicted molar refractivity (Wildman–Crippen MR) is 99.0 cm³/mol. The summed E-state index contributed by atoms with van der Waals surface area (Å²) < 4.78 is 0. The number of piperidine rings is 2. The molecule has 0 amide bonds. The van der Waals surface area contributed by atoms with Crippen LogP contribution in [0.25, 0.3) is 0 Å². The number of rotatable bonds is 3. The van der Waals surface area contributed by atoms with Crippen LogP contribution < -0.4 is 0 Å². The summed E-state index contributed by atoms with van der Waals surface area (Å²) >= 11 is 0. The van der Waals surface area contributed by atoms with Crippen molar-refractivity contribution in [1.82, 2.24) is 10.1 Å². The molecule has 0 bridgehead atoms. The molecule has 150 valence electrons.